The number of benzene rings is 2. The highest BCUT2D eigenvalue weighted by molar-refractivity contribution is 7.89. The van der Waals surface area contributed by atoms with Gasteiger partial charge in [0.15, 0.2) is 0 Å². The highest BCUT2D eigenvalue weighted by Gasteiger charge is 2.40. The van der Waals surface area contributed by atoms with Crippen LogP contribution in [0.15, 0.2) is 41.3 Å². The van der Waals surface area contributed by atoms with Crippen molar-refractivity contribution in [3.63, 3.8) is 0 Å². The molecule has 0 aromatic heterocycles. The minimum Gasteiger partial charge on any atom is -0.326 e. The number of anilines is 2. The lowest BCUT2D eigenvalue weighted by molar-refractivity contribution is -0.121. The number of piperidine rings is 1. The van der Waals surface area contributed by atoms with Crippen LogP contribution in [-0.4, -0.2) is 43.7 Å². The van der Waals surface area contributed by atoms with Gasteiger partial charge in [-0.1, -0.05) is 12.1 Å². The summed E-state index contributed by atoms with van der Waals surface area (Å²) in [5.74, 6) is -0.275. The summed E-state index contributed by atoms with van der Waals surface area (Å²) < 4.78 is 28.5. The lowest BCUT2D eigenvalue weighted by atomic mass is 9.98. The Morgan fingerprint density at radius 2 is 1.77 bits per heavy atom. The Kier molecular flexibility index (Phi) is 6.21. The number of hydrogen-bond donors (Lipinski definition) is 1. The summed E-state index contributed by atoms with van der Waals surface area (Å²) in [6.07, 6.45) is 3.82. The lowest BCUT2D eigenvalue weighted by Gasteiger charge is -2.31. The van der Waals surface area contributed by atoms with Crippen LogP contribution in [0.1, 0.15) is 49.3 Å². The van der Waals surface area contributed by atoms with Crippen LogP contribution in [0.5, 0.6) is 0 Å². The largest absolute Gasteiger partial charge is 0.326 e. The third kappa shape index (κ3) is 4.61. The van der Waals surface area contributed by atoms with E-state index in [2.05, 4.69) is 5.32 Å². The molecular formula is C27H33N3O4S. The number of fused-ring (bicyclic) bond motifs is 1. The van der Waals surface area contributed by atoms with E-state index in [1.54, 1.807) is 18.2 Å². The van der Waals surface area contributed by atoms with Crippen molar-refractivity contribution in [3.05, 3.63) is 53.1 Å². The van der Waals surface area contributed by atoms with E-state index in [-0.39, 0.29) is 35.2 Å². The molecule has 5 rings (SSSR count). The molecule has 186 valence electrons. The fourth-order valence-corrected chi connectivity index (χ4v) is 6.83. The van der Waals surface area contributed by atoms with E-state index in [0.717, 1.165) is 40.9 Å². The van der Waals surface area contributed by atoms with E-state index in [1.165, 1.54) is 4.31 Å². The van der Waals surface area contributed by atoms with E-state index < -0.39 is 15.9 Å². The number of sulfonamides is 1. The first-order valence-corrected chi connectivity index (χ1v) is 13.9. The van der Waals surface area contributed by atoms with Gasteiger partial charge in [-0.3, -0.25) is 9.59 Å². The summed E-state index contributed by atoms with van der Waals surface area (Å²) in [6, 6.07) is 11.0. The zero-order valence-electron chi connectivity index (χ0n) is 20.6. The zero-order valence-corrected chi connectivity index (χ0v) is 21.4. The number of rotatable bonds is 5. The Bertz CT molecular complexity index is 1290. The molecule has 2 amide bonds. The first-order chi connectivity index (χ1) is 16.6. The van der Waals surface area contributed by atoms with Crippen molar-refractivity contribution in [2.75, 3.05) is 23.3 Å². The highest BCUT2D eigenvalue weighted by atomic mass is 32.2. The third-order valence-corrected chi connectivity index (χ3v) is 9.34. The number of nitrogens with one attached hydrogen (secondary N) is 1. The van der Waals surface area contributed by atoms with Gasteiger partial charge in [0.1, 0.15) is 0 Å². The molecule has 8 heteroatoms. The standard InChI is InChI=1S/C27H33N3O4S/c1-17-6-7-18(2)24(13-17)28-26(31)21-5-4-12-29(16-21)35(33,34)23-10-11-25-22(15-23)14-19(3)30(25)27(32)20-8-9-20/h6-7,10-11,13,15,19-21H,4-5,8-9,12,14,16H2,1-3H3,(H,28,31)/t19-,21+/m1/s1. The number of amides is 2. The monoisotopic (exact) mass is 495 g/mol. The van der Waals surface area contributed by atoms with Crippen LogP contribution in [0.4, 0.5) is 11.4 Å². The van der Waals surface area contributed by atoms with Gasteiger partial charge in [0.2, 0.25) is 21.8 Å². The molecule has 35 heavy (non-hydrogen) atoms. The zero-order chi connectivity index (χ0) is 24.9. The molecule has 7 nitrogen and oxygen atoms in total. The van der Waals surface area contributed by atoms with Crippen LogP contribution in [0.2, 0.25) is 0 Å². The Morgan fingerprint density at radius 3 is 2.51 bits per heavy atom. The van der Waals surface area contributed by atoms with Gasteiger partial charge in [-0.05, 0) is 93.8 Å². The predicted molar refractivity (Wildman–Crippen MR) is 136 cm³/mol. The van der Waals surface area contributed by atoms with Crippen LogP contribution < -0.4 is 10.2 Å². The van der Waals surface area contributed by atoms with E-state index >= 15 is 0 Å². The molecule has 3 aliphatic rings. The molecule has 0 spiro atoms. The van der Waals surface area contributed by atoms with Gasteiger partial charge in [0.05, 0.1) is 10.8 Å². The van der Waals surface area contributed by atoms with Crippen molar-refractivity contribution in [2.24, 2.45) is 11.8 Å². The molecule has 2 aromatic carbocycles. The van der Waals surface area contributed by atoms with Crippen molar-refractivity contribution in [1.29, 1.82) is 0 Å². The number of aryl methyl sites for hydroxylation is 2. The molecule has 1 saturated heterocycles. The molecule has 2 heterocycles. The van der Waals surface area contributed by atoms with E-state index in [9.17, 15) is 18.0 Å². The summed E-state index contributed by atoms with van der Waals surface area (Å²) in [7, 11) is -3.75. The van der Waals surface area contributed by atoms with Crippen molar-refractivity contribution in [2.45, 2.75) is 63.8 Å². The Morgan fingerprint density at radius 1 is 1.00 bits per heavy atom. The van der Waals surface area contributed by atoms with E-state index in [1.807, 2.05) is 43.9 Å². The van der Waals surface area contributed by atoms with Gasteiger partial charge >= 0.3 is 0 Å². The molecular weight excluding hydrogens is 462 g/mol. The van der Waals surface area contributed by atoms with Crippen LogP contribution in [0.3, 0.4) is 0 Å². The van der Waals surface area contributed by atoms with Crippen LogP contribution in [0, 0.1) is 25.7 Å². The SMILES string of the molecule is Cc1ccc(C)c(NC(=O)[C@H]2CCCN(S(=O)(=O)c3ccc4c(c3)C[C@@H](C)N4C(=O)C3CC3)C2)c1. The molecule has 2 aromatic rings. The van der Waals surface area contributed by atoms with Crippen molar-refractivity contribution in [3.8, 4) is 0 Å². The number of carbonyl (C=O) groups excluding carboxylic acids is 2. The molecule has 2 fully saturated rings. The quantitative estimate of drug-likeness (QED) is 0.679. The van der Waals surface area contributed by atoms with E-state index in [4.69, 9.17) is 0 Å². The molecule has 1 N–H and O–H groups in total. The minimum atomic E-state index is -3.75. The van der Waals surface area contributed by atoms with Crippen LogP contribution in [-0.2, 0) is 26.0 Å². The summed E-state index contributed by atoms with van der Waals surface area (Å²) in [4.78, 5) is 27.8. The van der Waals surface area contributed by atoms with Gasteiger partial charge in [-0.2, -0.15) is 4.31 Å². The maximum Gasteiger partial charge on any atom is 0.243 e. The van der Waals surface area contributed by atoms with Gasteiger partial charge in [0.25, 0.3) is 0 Å². The maximum absolute atomic E-state index is 13.5. The number of nitrogens with zero attached hydrogens (tertiary/aromatic N) is 2. The summed E-state index contributed by atoms with van der Waals surface area (Å²) in [5, 5.41) is 3.00. The highest BCUT2D eigenvalue weighted by Crippen LogP contribution is 2.40. The van der Waals surface area contributed by atoms with Gasteiger partial charge < -0.3 is 10.2 Å². The van der Waals surface area contributed by atoms with Gasteiger partial charge in [-0.25, -0.2) is 8.42 Å². The fraction of sp³-hybridized carbons (Fsp3) is 0.481. The summed E-state index contributed by atoms with van der Waals surface area (Å²) >= 11 is 0. The molecule has 1 saturated carbocycles. The second-order valence-electron chi connectivity index (χ2n) is 10.3. The summed E-state index contributed by atoms with van der Waals surface area (Å²) in [6.45, 7) is 6.50. The van der Waals surface area contributed by atoms with Crippen molar-refractivity contribution in [1.82, 2.24) is 4.31 Å². The first-order valence-electron chi connectivity index (χ1n) is 12.5. The number of carbonyl (C=O) groups is 2. The van der Waals surface area contributed by atoms with Crippen molar-refractivity contribution < 1.29 is 18.0 Å². The smallest absolute Gasteiger partial charge is 0.243 e. The normalized spacial score (nSPS) is 22.7. The molecule has 2 atom stereocenters. The van der Waals surface area contributed by atoms with Crippen LogP contribution in [0.25, 0.3) is 0 Å². The lowest BCUT2D eigenvalue weighted by Crippen LogP contribution is -2.43. The molecule has 0 bridgehead atoms. The Hall–Kier alpha value is -2.71. The average Bonchev–Trinajstić information content (AvgIpc) is 3.63. The molecule has 1 aliphatic carbocycles. The van der Waals surface area contributed by atoms with E-state index in [0.29, 0.717) is 25.8 Å². The average molecular weight is 496 g/mol. The first kappa shape index (κ1) is 24.0. The van der Waals surface area contributed by atoms with Crippen LogP contribution >= 0.6 is 0 Å². The topological polar surface area (TPSA) is 86.8 Å². The Labute approximate surface area is 207 Å². The fourth-order valence-electron chi connectivity index (χ4n) is 5.26. The maximum atomic E-state index is 13.5. The summed E-state index contributed by atoms with van der Waals surface area (Å²) in [5.41, 5.74) is 4.53. The number of hydrogen-bond acceptors (Lipinski definition) is 4. The van der Waals surface area contributed by atoms with Gasteiger partial charge in [-0.15, -0.1) is 0 Å². The second-order valence-corrected chi connectivity index (χ2v) is 12.3. The molecule has 0 unspecified atom stereocenters. The Balaban J connectivity index is 1.32. The molecule has 0 radical (unpaired) electrons. The van der Waals surface area contributed by atoms with Gasteiger partial charge in [0, 0.05) is 36.4 Å². The minimum absolute atomic E-state index is 0.0317. The molecule has 2 aliphatic heterocycles. The van der Waals surface area contributed by atoms with Crippen molar-refractivity contribution >= 4 is 33.2 Å². The second kappa shape index (κ2) is 9.06. The third-order valence-electron chi connectivity index (χ3n) is 7.47. The predicted octanol–water partition coefficient (Wildman–Crippen LogP) is 4.03.